The highest BCUT2D eigenvalue weighted by molar-refractivity contribution is 6.02. The molecule has 152 valence electrons. The average molecular weight is 394 g/mol. The van der Waals surface area contributed by atoms with Crippen molar-refractivity contribution in [2.24, 2.45) is 0 Å². The van der Waals surface area contributed by atoms with Crippen LogP contribution in [0.3, 0.4) is 0 Å². The first kappa shape index (κ1) is 21.8. The van der Waals surface area contributed by atoms with Gasteiger partial charge in [0.15, 0.2) is 17.3 Å². The van der Waals surface area contributed by atoms with Crippen molar-refractivity contribution in [2.45, 2.75) is 26.4 Å². The summed E-state index contributed by atoms with van der Waals surface area (Å²) in [6.07, 6.45) is 8.17. The molecule has 0 amide bonds. The minimum atomic E-state index is -0.352. The third-order valence-electron chi connectivity index (χ3n) is 4.16. The highest BCUT2D eigenvalue weighted by Gasteiger charge is 2.08. The summed E-state index contributed by atoms with van der Waals surface area (Å²) in [5, 5.41) is 19.2. The maximum atomic E-state index is 11.9. The van der Waals surface area contributed by atoms with E-state index in [1.807, 2.05) is 26.0 Å². The molecule has 0 bridgehead atoms. The fourth-order valence-corrected chi connectivity index (χ4v) is 2.37. The SMILES string of the molecule is CCC(C)Oc1ccc(/C=C/C(O)=CC(=O)/C=C/c2ccc(O)cc2)cc1OC. The Balaban J connectivity index is 2.03. The molecule has 2 rings (SSSR count). The molecule has 0 radical (unpaired) electrons. The van der Waals surface area contributed by atoms with E-state index in [1.165, 1.54) is 24.3 Å². The van der Waals surface area contributed by atoms with Crippen LogP contribution in [0.15, 0.2) is 66.5 Å². The van der Waals surface area contributed by atoms with E-state index >= 15 is 0 Å². The first-order valence-corrected chi connectivity index (χ1v) is 9.35. The van der Waals surface area contributed by atoms with Crippen molar-refractivity contribution in [3.63, 3.8) is 0 Å². The first-order valence-electron chi connectivity index (χ1n) is 9.35. The smallest absolute Gasteiger partial charge is 0.182 e. The summed E-state index contributed by atoms with van der Waals surface area (Å²) in [6.45, 7) is 4.04. The number of methoxy groups -OCH3 is 1. The minimum absolute atomic E-state index is 0.0814. The van der Waals surface area contributed by atoms with Gasteiger partial charge in [-0.2, -0.15) is 0 Å². The summed E-state index contributed by atoms with van der Waals surface area (Å²) in [4.78, 5) is 11.9. The molecule has 0 aliphatic heterocycles. The molecule has 0 saturated carbocycles. The van der Waals surface area contributed by atoms with Crippen LogP contribution in [0.5, 0.6) is 17.2 Å². The average Bonchev–Trinajstić information content (AvgIpc) is 2.72. The van der Waals surface area contributed by atoms with Crippen molar-refractivity contribution >= 4 is 17.9 Å². The van der Waals surface area contributed by atoms with Crippen molar-refractivity contribution in [1.82, 2.24) is 0 Å². The Kier molecular flexibility index (Phi) is 8.10. The number of ether oxygens (including phenoxy) is 2. The van der Waals surface area contributed by atoms with Crippen molar-refractivity contribution in [1.29, 1.82) is 0 Å². The van der Waals surface area contributed by atoms with Gasteiger partial charge in [-0.25, -0.2) is 0 Å². The third kappa shape index (κ3) is 7.22. The summed E-state index contributed by atoms with van der Waals surface area (Å²) in [7, 11) is 1.57. The molecule has 2 aromatic carbocycles. The maximum Gasteiger partial charge on any atom is 0.182 e. The van der Waals surface area contributed by atoms with Gasteiger partial charge >= 0.3 is 0 Å². The van der Waals surface area contributed by atoms with Crippen LogP contribution >= 0.6 is 0 Å². The van der Waals surface area contributed by atoms with E-state index in [4.69, 9.17) is 9.47 Å². The summed E-state index contributed by atoms with van der Waals surface area (Å²) >= 11 is 0. The van der Waals surface area contributed by atoms with Gasteiger partial charge in [0.1, 0.15) is 11.5 Å². The Morgan fingerprint density at radius 3 is 2.34 bits per heavy atom. The van der Waals surface area contributed by atoms with Crippen LogP contribution in [-0.4, -0.2) is 29.2 Å². The number of carbonyl (C=O) groups is 1. The molecule has 29 heavy (non-hydrogen) atoms. The number of carbonyl (C=O) groups excluding carboxylic acids is 1. The van der Waals surface area contributed by atoms with Gasteiger partial charge in [0.2, 0.25) is 0 Å². The second kappa shape index (κ2) is 10.8. The number of phenolic OH excluding ortho intramolecular Hbond substituents is 1. The number of hydrogen-bond donors (Lipinski definition) is 2. The number of aliphatic hydroxyl groups excluding tert-OH is 1. The highest BCUT2D eigenvalue weighted by atomic mass is 16.5. The summed E-state index contributed by atoms with van der Waals surface area (Å²) in [5.74, 6) is 0.906. The number of benzene rings is 2. The molecule has 2 N–H and O–H groups in total. The Labute approximate surface area is 171 Å². The second-order valence-electron chi connectivity index (χ2n) is 6.48. The lowest BCUT2D eigenvalue weighted by molar-refractivity contribution is -0.110. The fourth-order valence-electron chi connectivity index (χ4n) is 2.37. The van der Waals surface area contributed by atoms with E-state index < -0.39 is 0 Å². The number of aromatic hydroxyl groups is 1. The van der Waals surface area contributed by atoms with Gasteiger partial charge in [-0.15, -0.1) is 0 Å². The summed E-state index contributed by atoms with van der Waals surface area (Å²) < 4.78 is 11.2. The van der Waals surface area contributed by atoms with Crippen molar-refractivity contribution in [2.75, 3.05) is 7.11 Å². The molecule has 5 nitrogen and oxygen atoms in total. The van der Waals surface area contributed by atoms with Crippen LogP contribution in [0, 0.1) is 0 Å². The van der Waals surface area contributed by atoms with E-state index in [9.17, 15) is 15.0 Å². The molecule has 0 aromatic heterocycles. The lowest BCUT2D eigenvalue weighted by Crippen LogP contribution is -2.10. The molecule has 1 atom stereocenters. The number of ketones is 1. The molecular formula is C24H26O5. The van der Waals surface area contributed by atoms with Crippen molar-refractivity contribution in [3.05, 3.63) is 77.6 Å². The predicted octanol–water partition coefficient (Wildman–Crippen LogP) is 5.32. The van der Waals surface area contributed by atoms with Gasteiger partial charge in [0.25, 0.3) is 0 Å². The molecule has 0 aliphatic rings. The number of phenols is 1. The Bertz CT molecular complexity index is 907. The molecule has 0 heterocycles. The van der Waals surface area contributed by atoms with E-state index in [0.717, 1.165) is 23.6 Å². The molecule has 0 fully saturated rings. The lowest BCUT2D eigenvalue weighted by Gasteiger charge is -2.15. The van der Waals surface area contributed by atoms with Gasteiger partial charge in [-0.05, 0) is 60.9 Å². The zero-order valence-electron chi connectivity index (χ0n) is 16.8. The standard InChI is InChI=1S/C24H26O5/c1-4-17(2)29-23-14-9-19(15-24(23)28-3)8-13-22(27)16-21(26)12-7-18-5-10-20(25)11-6-18/h5-17,25,27H,4H2,1-3H3/b12-7+,13-8+,22-16?. The quantitative estimate of drug-likeness (QED) is 0.342. The Hall–Kier alpha value is -3.47. The monoisotopic (exact) mass is 394 g/mol. The number of hydrogen-bond acceptors (Lipinski definition) is 5. The van der Waals surface area contributed by atoms with Crippen LogP contribution in [-0.2, 0) is 4.79 Å². The molecule has 1 unspecified atom stereocenters. The number of aliphatic hydroxyl groups is 1. The van der Waals surface area contributed by atoms with Crippen molar-refractivity contribution < 1.29 is 24.5 Å². The third-order valence-corrected chi connectivity index (χ3v) is 4.16. The Morgan fingerprint density at radius 2 is 1.69 bits per heavy atom. The fraction of sp³-hybridized carbons (Fsp3) is 0.208. The summed E-state index contributed by atoms with van der Waals surface area (Å²) in [5.41, 5.74) is 1.57. The van der Waals surface area contributed by atoms with Gasteiger partial charge in [0, 0.05) is 6.08 Å². The number of allylic oxidation sites excluding steroid dienone is 3. The summed E-state index contributed by atoms with van der Waals surface area (Å²) in [6, 6.07) is 11.9. The van der Waals surface area contributed by atoms with E-state index in [2.05, 4.69) is 0 Å². The molecule has 0 aliphatic carbocycles. The second-order valence-corrected chi connectivity index (χ2v) is 6.48. The minimum Gasteiger partial charge on any atom is -0.508 e. The van der Waals surface area contributed by atoms with Crippen LogP contribution in [0.1, 0.15) is 31.4 Å². The topological polar surface area (TPSA) is 76.0 Å². The van der Waals surface area contributed by atoms with Gasteiger partial charge in [-0.3, -0.25) is 4.79 Å². The van der Waals surface area contributed by atoms with E-state index in [0.29, 0.717) is 11.5 Å². The van der Waals surface area contributed by atoms with Crippen molar-refractivity contribution in [3.8, 4) is 17.2 Å². The highest BCUT2D eigenvalue weighted by Crippen LogP contribution is 2.29. The maximum absolute atomic E-state index is 11.9. The van der Waals surface area contributed by atoms with Crippen LogP contribution < -0.4 is 9.47 Å². The van der Waals surface area contributed by atoms with E-state index in [1.54, 1.807) is 37.5 Å². The largest absolute Gasteiger partial charge is 0.508 e. The molecular weight excluding hydrogens is 368 g/mol. The Morgan fingerprint density at radius 1 is 1.03 bits per heavy atom. The van der Waals surface area contributed by atoms with E-state index in [-0.39, 0.29) is 23.4 Å². The zero-order valence-corrected chi connectivity index (χ0v) is 16.8. The molecule has 5 heteroatoms. The molecule has 2 aromatic rings. The molecule has 0 saturated heterocycles. The van der Waals surface area contributed by atoms with Gasteiger partial charge in [-0.1, -0.05) is 37.3 Å². The lowest BCUT2D eigenvalue weighted by atomic mass is 10.1. The van der Waals surface area contributed by atoms with Crippen LogP contribution in [0.25, 0.3) is 12.2 Å². The number of rotatable bonds is 9. The zero-order chi connectivity index (χ0) is 21.2. The molecule has 0 spiro atoms. The van der Waals surface area contributed by atoms with Gasteiger partial charge in [0.05, 0.1) is 13.2 Å². The van der Waals surface area contributed by atoms with Crippen LogP contribution in [0.4, 0.5) is 0 Å². The van der Waals surface area contributed by atoms with Crippen LogP contribution in [0.2, 0.25) is 0 Å². The van der Waals surface area contributed by atoms with Gasteiger partial charge < -0.3 is 19.7 Å². The predicted molar refractivity (Wildman–Crippen MR) is 115 cm³/mol. The normalized spacial score (nSPS) is 13.0. The first-order chi connectivity index (χ1) is 13.9.